The molecular formula is C12H9ClF3N3O2. The highest BCUT2D eigenvalue weighted by molar-refractivity contribution is 6.34. The number of amides is 1. The van der Waals surface area contributed by atoms with E-state index < -0.39 is 24.1 Å². The molecule has 0 radical (unpaired) electrons. The molecular weight excluding hydrogens is 311 g/mol. The van der Waals surface area contributed by atoms with Crippen molar-refractivity contribution in [2.24, 2.45) is 7.05 Å². The van der Waals surface area contributed by atoms with Crippen LogP contribution in [0, 0.1) is 5.82 Å². The average molecular weight is 320 g/mol. The summed E-state index contributed by atoms with van der Waals surface area (Å²) in [5.74, 6) is -2.00. The van der Waals surface area contributed by atoms with Gasteiger partial charge >= 0.3 is 6.61 Å². The summed E-state index contributed by atoms with van der Waals surface area (Å²) in [6.45, 7) is -3.15. The second-order valence-electron chi connectivity index (χ2n) is 3.97. The second-order valence-corrected chi connectivity index (χ2v) is 4.38. The Morgan fingerprint density at radius 3 is 2.76 bits per heavy atom. The summed E-state index contributed by atoms with van der Waals surface area (Å²) < 4.78 is 43.1. The van der Waals surface area contributed by atoms with E-state index in [-0.39, 0.29) is 16.4 Å². The van der Waals surface area contributed by atoms with Crippen molar-refractivity contribution < 1.29 is 22.7 Å². The van der Waals surface area contributed by atoms with Crippen LogP contribution in [-0.4, -0.2) is 22.3 Å². The summed E-state index contributed by atoms with van der Waals surface area (Å²) in [6, 6.07) is 2.83. The number of rotatable bonds is 4. The summed E-state index contributed by atoms with van der Waals surface area (Å²) >= 11 is 5.80. The van der Waals surface area contributed by atoms with Crippen molar-refractivity contribution in [2.75, 3.05) is 5.32 Å². The molecule has 21 heavy (non-hydrogen) atoms. The summed E-state index contributed by atoms with van der Waals surface area (Å²) in [5.41, 5.74) is -0.213. The number of nitrogens with one attached hydrogen (secondary N) is 1. The number of hydrogen-bond donors (Lipinski definition) is 1. The Bertz CT molecular complexity index is 676. The molecule has 0 saturated carbocycles. The Balaban J connectivity index is 2.26. The number of hydrogen-bond acceptors (Lipinski definition) is 3. The zero-order chi connectivity index (χ0) is 15.6. The zero-order valence-corrected chi connectivity index (χ0v) is 11.4. The highest BCUT2D eigenvalue weighted by atomic mass is 35.5. The van der Waals surface area contributed by atoms with Crippen molar-refractivity contribution in [2.45, 2.75) is 6.61 Å². The fourth-order valence-electron chi connectivity index (χ4n) is 1.59. The molecule has 1 heterocycles. The van der Waals surface area contributed by atoms with E-state index in [1.54, 1.807) is 7.05 Å². The largest absolute Gasteiger partial charge is 0.432 e. The first kappa shape index (κ1) is 15.2. The van der Waals surface area contributed by atoms with E-state index >= 15 is 0 Å². The molecule has 0 aliphatic heterocycles. The number of nitrogens with zero attached hydrogens (tertiary/aromatic N) is 2. The second kappa shape index (κ2) is 6.04. The molecule has 1 amide bonds. The van der Waals surface area contributed by atoms with E-state index in [1.807, 2.05) is 0 Å². The highest BCUT2D eigenvalue weighted by Gasteiger charge is 2.18. The molecule has 0 saturated heterocycles. The average Bonchev–Trinajstić information content (AvgIpc) is 2.71. The monoisotopic (exact) mass is 319 g/mol. The van der Waals surface area contributed by atoms with Gasteiger partial charge in [-0.3, -0.25) is 9.48 Å². The van der Waals surface area contributed by atoms with Gasteiger partial charge in [-0.2, -0.15) is 13.9 Å². The molecule has 1 aromatic carbocycles. The first-order chi connectivity index (χ1) is 9.86. The van der Waals surface area contributed by atoms with Gasteiger partial charge in [0, 0.05) is 19.3 Å². The highest BCUT2D eigenvalue weighted by Crippen LogP contribution is 2.28. The lowest BCUT2D eigenvalue weighted by Gasteiger charge is -2.11. The minimum atomic E-state index is -3.15. The number of alkyl halides is 2. The van der Waals surface area contributed by atoms with Crippen molar-refractivity contribution in [1.82, 2.24) is 9.78 Å². The lowest BCUT2D eigenvalue weighted by atomic mass is 10.2. The number of benzene rings is 1. The van der Waals surface area contributed by atoms with Gasteiger partial charge in [0.25, 0.3) is 5.91 Å². The standard InChI is InChI=1S/C12H9ClF3N3O2/c1-19-5-7(13)10(18-19)11(20)17-8-3-2-6(14)4-9(8)21-12(15)16/h2-5,12H,1H3,(H,17,20). The van der Waals surface area contributed by atoms with E-state index in [2.05, 4.69) is 15.2 Å². The Kier molecular flexibility index (Phi) is 4.37. The van der Waals surface area contributed by atoms with Gasteiger partial charge in [-0.05, 0) is 12.1 Å². The van der Waals surface area contributed by atoms with Crippen molar-refractivity contribution >= 4 is 23.2 Å². The minimum absolute atomic E-state index is 0.0911. The first-order valence-electron chi connectivity index (χ1n) is 5.61. The Morgan fingerprint density at radius 2 is 2.19 bits per heavy atom. The molecule has 0 spiro atoms. The number of anilines is 1. The number of aromatic nitrogens is 2. The van der Waals surface area contributed by atoms with Crippen LogP contribution in [0.3, 0.4) is 0 Å². The molecule has 2 aromatic rings. The maximum absolute atomic E-state index is 13.1. The van der Waals surface area contributed by atoms with Gasteiger partial charge < -0.3 is 10.1 Å². The lowest BCUT2D eigenvalue weighted by Crippen LogP contribution is -2.15. The van der Waals surface area contributed by atoms with Gasteiger partial charge in [-0.25, -0.2) is 4.39 Å². The van der Waals surface area contributed by atoms with Crippen LogP contribution in [0.4, 0.5) is 18.9 Å². The number of halogens is 4. The fraction of sp³-hybridized carbons (Fsp3) is 0.167. The molecule has 0 aliphatic rings. The van der Waals surface area contributed by atoms with Crippen LogP contribution in [0.25, 0.3) is 0 Å². The molecule has 5 nitrogen and oxygen atoms in total. The quantitative estimate of drug-likeness (QED) is 0.942. The molecule has 0 unspecified atom stereocenters. The number of carbonyl (C=O) groups excluding carboxylic acids is 1. The predicted molar refractivity (Wildman–Crippen MR) is 69.2 cm³/mol. The van der Waals surface area contributed by atoms with Gasteiger partial charge in [0.2, 0.25) is 0 Å². The van der Waals surface area contributed by atoms with E-state index in [1.165, 1.54) is 10.9 Å². The Labute approximate surface area is 122 Å². The van der Waals surface area contributed by atoms with Crippen molar-refractivity contribution in [3.05, 3.63) is 40.9 Å². The molecule has 1 aromatic heterocycles. The first-order valence-corrected chi connectivity index (χ1v) is 5.99. The van der Waals surface area contributed by atoms with Gasteiger partial charge in [0.05, 0.1) is 10.7 Å². The van der Waals surface area contributed by atoms with E-state index in [9.17, 15) is 18.0 Å². The zero-order valence-electron chi connectivity index (χ0n) is 10.6. The topological polar surface area (TPSA) is 56.2 Å². The van der Waals surface area contributed by atoms with Gasteiger partial charge in [-0.1, -0.05) is 11.6 Å². The van der Waals surface area contributed by atoms with Crippen LogP contribution in [0.2, 0.25) is 5.02 Å². The predicted octanol–water partition coefficient (Wildman–Crippen LogP) is 3.07. The Morgan fingerprint density at radius 1 is 1.48 bits per heavy atom. The lowest BCUT2D eigenvalue weighted by molar-refractivity contribution is -0.0495. The third-order valence-corrected chi connectivity index (χ3v) is 2.68. The molecule has 9 heteroatoms. The van der Waals surface area contributed by atoms with E-state index in [4.69, 9.17) is 11.6 Å². The molecule has 2 rings (SSSR count). The van der Waals surface area contributed by atoms with Gasteiger partial charge in [0.15, 0.2) is 11.4 Å². The summed E-state index contributed by atoms with van der Waals surface area (Å²) in [5, 5.41) is 6.20. The summed E-state index contributed by atoms with van der Waals surface area (Å²) in [6.07, 6.45) is 1.40. The van der Waals surface area contributed by atoms with Crippen LogP contribution in [0.15, 0.2) is 24.4 Å². The minimum Gasteiger partial charge on any atom is -0.432 e. The molecule has 0 fully saturated rings. The van der Waals surface area contributed by atoms with E-state index in [0.29, 0.717) is 0 Å². The third-order valence-electron chi connectivity index (χ3n) is 2.41. The fourth-order valence-corrected chi connectivity index (χ4v) is 1.85. The maximum Gasteiger partial charge on any atom is 0.387 e. The Hall–Kier alpha value is -2.22. The van der Waals surface area contributed by atoms with Crippen LogP contribution in [-0.2, 0) is 7.05 Å². The molecule has 0 atom stereocenters. The third kappa shape index (κ3) is 3.66. The smallest absolute Gasteiger partial charge is 0.387 e. The number of carbonyl (C=O) groups is 1. The number of aryl methyl sites for hydroxylation is 1. The number of ether oxygens (including phenoxy) is 1. The molecule has 0 bridgehead atoms. The SMILES string of the molecule is Cn1cc(Cl)c(C(=O)Nc2ccc(F)cc2OC(F)F)n1. The molecule has 1 N–H and O–H groups in total. The van der Waals surface area contributed by atoms with Crippen LogP contribution >= 0.6 is 11.6 Å². The van der Waals surface area contributed by atoms with Crippen LogP contribution < -0.4 is 10.1 Å². The van der Waals surface area contributed by atoms with Gasteiger partial charge in [-0.15, -0.1) is 0 Å². The van der Waals surface area contributed by atoms with Gasteiger partial charge in [0.1, 0.15) is 5.82 Å². The van der Waals surface area contributed by atoms with Crippen LogP contribution in [0.5, 0.6) is 5.75 Å². The maximum atomic E-state index is 13.1. The van der Waals surface area contributed by atoms with Crippen molar-refractivity contribution in [1.29, 1.82) is 0 Å². The molecule has 112 valence electrons. The normalized spacial score (nSPS) is 10.8. The van der Waals surface area contributed by atoms with Crippen LogP contribution in [0.1, 0.15) is 10.5 Å². The van der Waals surface area contributed by atoms with Crippen molar-refractivity contribution in [3.8, 4) is 5.75 Å². The molecule has 0 aliphatic carbocycles. The van der Waals surface area contributed by atoms with E-state index in [0.717, 1.165) is 18.2 Å². The summed E-state index contributed by atoms with van der Waals surface area (Å²) in [4.78, 5) is 12.0. The van der Waals surface area contributed by atoms with Crippen molar-refractivity contribution in [3.63, 3.8) is 0 Å². The summed E-state index contributed by atoms with van der Waals surface area (Å²) in [7, 11) is 1.56.